The minimum atomic E-state index is -4.37. The molecule has 1 aliphatic heterocycles. The second-order valence-corrected chi connectivity index (χ2v) is 8.85. The number of alkyl halides is 3. The third kappa shape index (κ3) is 5.51. The lowest BCUT2D eigenvalue weighted by molar-refractivity contribution is -0.137. The van der Waals surface area contributed by atoms with Crippen molar-refractivity contribution in [1.82, 2.24) is 9.88 Å². The molecule has 32 heavy (non-hydrogen) atoms. The second-order valence-electron chi connectivity index (χ2n) is 7.81. The highest BCUT2D eigenvalue weighted by atomic mass is 32.2. The van der Waals surface area contributed by atoms with Crippen molar-refractivity contribution in [3.05, 3.63) is 95.3 Å². The van der Waals surface area contributed by atoms with Crippen molar-refractivity contribution in [2.45, 2.75) is 35.6 Å². The molecule has 0 spiro atoms. The van der Waals surface area contributed by atoms with Gasteiger partial charge >= 0.3 is 6.18 Å². The quantitative estimate of drug-likeness (QED) is 0.416. The molecule has 0 radical (unpaired) electrons. The average molecular weight is 457 g/mol. The maximum atomic E-state index is 13.0. The van der Waals surface area contributed by atoms with E-state index in [4.69, 9.17) is 0 Å². The number of amides is 1. The number of hydrogen-bond acceptors (Lipinski definition) is 3. The van der Waals surface area contributed by atoms with Crippen LogP contribution in [0.2, 0.25) is 0 Å². The van der Waals surface area contributed by atoms with Crippen molar-refractivity contribution in [3.8, 4) is 0 Å². The number of nitrogens with zero attached hydrogens (tertiary/aromatic N) is 2. The summed E-state index contributed by atoms with van der Waals surface area (Å²) in [5.74, 6) is 0.754. The summed E-state index contributed by atoms with van der Waals surface area (Å²) in [6.07, 6.45) is -2.53. The number of benzene rings is 2. The van der Waals surface area contributed by atoms with Gasteiger partial charge in [0.25, 0.3) is 5.91 Å². The summed E-state index contributed by atoms with van der Waals surface area (Å²) in [6, 6.07) is 20.9. The van der Waals surface area contributed by atoms with Gasteiger partial charge in [0.2, 0.25) is 0 Å². The van der Waals surface area contributed by atoms with Crippen LogP contribution in [-0.4, -0.2) is 28.9 Å². The Balaban J connectivity index is 1.36. The fraction of sp³-hybridized carbons (Fsp3) is 0.280. The number of carbonyl (C=O) groups is 1. The van der Waals surface area contributed by atoms with Crippen LogP contribution in [-0.2, 0) is 11.9 Å². The molecular weight excluding hydrogens is 433 g/mol. The van der Waals surface area contributed by atoms with Crippen LogP contribution in [0.25, 0.3) is 0 Å². The molecule has 166 valence electrons. The number of hydrogen-bond donors (Lipinski definition) is 0. The third-order valence-electron chi connectivity index (χ3n) is 5.63. The van der Waals surface area contributed by atoms with Gasteiger partial charge in [-0.25, -0.2) is 4.98 Å². The monoisotopic (exact) mass is 456 g/mol. The molecule has 0 aliphatic carbocycles. The largest absolute Gasteiger partial charge is 0.416 e. The van der Waals surface area contributed by atoms with E-state index in [2.05, 4.69) is 17.1 Å². The van der Waals surface area contributed by atoms with E-state index in [0.29, 0.717) is 41.0 Å². The smallest absolute Gasteiger partial charge is 0.337 e. The van der Waals surface area contributed by atoms with Gasteiger partial charge in [-0.15, -0.1) is 11.8 Å². The number of carbonyl (C=O) groups excluding carboxylic acids is 1. The Bertz CT molecular complexity index is 1060. The standard InChI is InChI=1S/C25H23F3N2OS/c26-25(27,28)20-8-4-10-22(16-20)32-17-21-9-5-11-23(29-21)24(31)30-14-12-19(13-15-30)18-6-2-1-3-7-18/h1-11,16,19H,12-15,17H2. The molecule has 1 aliphatic rings. The molecule has 0 bridgehead atoms. The predicted octanol–water partition coefficient (Wildman–Crippen LogP) is 6.41. The summed E-state index contributed by atoms with van der Waals surface area (Å²) in [5.41, 5.74) is 1.69. The number of thioether (sulfide) groups is 1. The Kier molecular flexibility index (Phi) is 6.84. The Hall–Kier alpha value is -2.80. The lowest BCUT2D eigenvalue weighted by Gasteiger charge is -2.32. The highest BCUT2D eigenvalue weighted by molar-refractivity contribution is 7.98. The molecule has 0 saturated carbocycles. The molecule has 0 atom stereocenters. The Morgan fingerprint density at radius 3 is 2.41 bits per heavy atom. The first-order chi connectivity index (χ1) is 15.4. The minimum Gasteiger partial charge on any atom is -0.337 e. The van der Waals surface area contributed by atoms with Gasteiger partial charge in [-0.1, -0.05) is 42.5 Å². The molecule has 7 heteroatoms. The van der Waals surface area contributed by atoms with E-state index in [9.17, 15) is 18.0 Å². The predicted molar refractivity (Wildman–Crippen MR) is 120 cm³/mol. The van der Waals surface area contributed by atoms with Crippen molar-refractivity contribution in [3.63, 3.8) is 0 Å². The average Bonchev–Trinajstić information content (AvgIpc) is 2.83. The van der Waals surface area contributed by atoms with Crippen molar-refractivity contribution in [2.75, 3.05) is 13.1 Å². The molecule has 1 fully saturated rings. The first-order valence-corrected chi connectivity index (χ1v) is 11.5. The van der Waals surface area contributed by atoms with Gasteiger partial charge in [0.05, 0.1) is 11.3 Å². The van der Waals surface area contributed by atoms with E-state index in [0.717, 1.165) is 25.0 Å². The number of aromatic nitrogens is 1. The summed E-state index contributed by atoms with van der Waals surface area (Å²) < 4.78 is 38.7. The number of pyridine rings is 1. The van der Waals surface area contributed by atoms with E-state index in [1.54, 1.807) is 24.3 Å². The van der Waals surface area contributed by atoms with Crippen molar-refractivity contribution in [1.29, 1.82) is 0 Å². The van der Waals surface area contributed by atoms with Gasteiger partial charge in [0.1, 0.15) is 5.69 Å². The number of rotatable bonds is 5. The van der Waals surface area contributed by atoms with E-state index in [1.165, 1.54) is 23.4 Å². The van der Waals surface area contributed by atoms with Crippen LogP contribution in [0.1, 0.15) is 46.1 Å². The van der Waals surface area contributed by atoms with Gasteiger partial charge in [0, 0.05) is 23.7 Å². The normalized spacial score (nSPS) is 15.0. The van der Waals surface area contributed by atoms with Crippen LogP contribution in [0.4, 0.5) is 13.2 Å². The zero-order chi connectivity index (χ0) is 22.6. The van der Waals surface area contributed by atoms with Crippen molar-refractivity contribution >= 4 is 17.7 Å². The Labute approximate surface area is 189 Å². The van der Waals surface area contributed by atoms with Crippen LogP contribution in [0, 0.1) is 0 Å². The molecule has 2 heterocycles. The first-order valence-electron chi connectivity index (χ1n) is 10.5. The van der Waals surface area contributed by atoms with E-state index < -0.39 is 11.7 Å². The van der Waals surface area contributed by atoms with Crippen LogP contribution >= 0.6 is 11.8 Å². The highest BCUT2D eigenvalue weighted by Gasteiger charge is 2.30. The summed E-state index contributed by atoms with van der Waals surface area (Å²) in [4.78, 5) is 19.8. The molecular formula is C25H23F3N2OS. The molecule has 0 unspecified atom stereocenters. The van der Waals surface area contributed by atoms with E-state index in [1.807, 2.05) is 23.1 Å². The lowest BCUT2D eigenvalue weighted by Crippen LogP contribution is -2.38. The van der Waals surface area contributed by atoms with Gasteiger partial charge in [-0.05, 0) is 54.7 Å². The SMILES string of the molecule is O=C(c1cccc(CSc2cccc(C(F)(F)F)c2)n1)N1CCC(c2ccccc2)CC1. The molecule has 2 aromatic carbocycles. The van der Waals surface area contributed by atoms with Crippen LogP contribution in [0.15, 0.2) is 77.7 Å². The Morgan fingerprint density at radius 1 is 0.969 bits per heavy atom. The van der Waals surface area contributed by atoms with E-state index in [-0.39, 0.29) is 5.91 Å². The zero-order valence-corrected chi connectivity index (χ0v) is 18.2. The maximum Gasteiger partial charge on any atom is 0.416 e. The molecule has 1 amide bonds. The van der Waals surface area contributed by atoms with Crippen LogP contribution in [0.5, 0.6) is 0 Å². The zero-order valence-electron chi connectivity index (χ0n) is 17.4. The number of piperidine rings is 1. The lowest BCUT2D eigenvalue weighted by atomic mass is 9.89. The molecule has 3 nitrogen and oxygen atoms in total. The van der Waals surface area contributed by atoms with Crippen LogP contribution in [0.3, 0.4) is 0 Å². The molecule has 3 aromatic rings. The summed E-state index contributed by atoms with van der Waals surface area (Å²) in [5, 5.41) is 0. The summed E-state index contributed by atoms with van der Waals surface area (Å²) in [7, 11) is 0. The van der Waals surface area contributed by atoms with Crippen LogP contribution < -0.4 is 0 Å². The molecule has 4 rings (SSSR count). The topological polar surface area (TPSA) is 33.2 Å². The fourth-order valence-corrected chi connectivity index (χ4v) is 4.76. The minimum absolute atomic E-state index is 0.0950. The first kappa shape index (κ1) is 22.4. The molecule has 0 N–H and O–H groups in total. The molecule has 1 aromatic heterocycles. The van der Waals surface area contributed by atoms with Gasteiger partial charge in [-0.2, -0.15) is 13.2 Å². The highest BCUT2D eigenvalue weighted by Crippen LogP contribution is 2.33. The van der Waals surface area contributed by atoms with Gasteiger partial charge in [-0.3, -0.25) is 4.79 Å². The fourth-order valence-electron chi connectivity index (χ4n) is 3.90. The maximum absolute atomic E-state index is 13.0. The van der Waals surface area contributed by atoms with Gasteiger partial charge in [0.15, 0.2) is 0 Å². The summed E-state index contributed by atoms with van der Waals surface area (Å²) >= 11 is 1.27. The van der Waals surface area contributed by atoms with Crippen molar-refractivity contribution < 1.29 is 18.0 Å². The number of likely N-dealkylation sites (tertiary alicyclic amines) is 1. The third-order valence-corrected chi connectivity index (χ3v) is 6.65. The Morgan fingerprint density at radius 2 is 1.69 bits per heavy atom. The molecule has 1 saturated heterocycles. The summed E-state index contributed by atoms with van der Waals surface area (Å²) in [6.45, 7) is 1.37. The van der Waals surface area contributed by atoms with Gasteiger partial charge < -0.3 is 4.90 Å². The van der Waals surface area contributed by atoms with E-state index >= 15 is 0 Å². The van der Waals surface area contributed by atoms with Crippen molar-refractivity contribution in [2.24, 2.45) is 0 Å². The second kappa shape index (κ2) is 9.77. The number of halogens is 3.